The number of nitrogens with zero attached hydrogens (tertiary/aromatic N) is 1. The maximum atomic E-state index is 13.0. The van der Waals surface area contributed by atoms with E-state index in [4.69, 9.17) is 25.6 Å². The summed E-state index contributed by atoms with van der Waals surface area (Å²) in [5.41, 5.74) is 2.77. The van der Waals surface area contributed by atoms with Crippen LogP contribution in [0.4, 0.5) is 4.39 Å². The zero-order valence-corrected chi connectivity index (χ0v) is 15.5. The normalized spacial score (nSPS) is 10.7. The molecule has 0 saturated carbocycles. The molecule has 0 saturated heterocycles. The van der Waals surface area contributed by atoms with Crippen molar-refractivity contribution in [3.63, 3.8) is 0 Å². The first kappa shape index (κ1) is 18.9. The van der Waals surface area contributed by atoms with Gasteiger partial charge in [0.25, 0.3) is 0 Å². The van der Waals surface area contributed by atoms with Crippen LogP contribution in [-0.2, 0) is 16.1 Å². The number of benzene rings is 2. The predicted octanol–water partition coefficient (Wildman–Crippen LogP) is 4.87. The molecule has 3 rings (SSSR count). The van der Waals surface area contributed by atoms with Crippen molar-refractivity contribution in [3.05, 3.63) is 70.1 Å². The smallest absolute Gasteiger partial charge is 0.344 e. The lowest BCUT2D eigenvalue weighted by Crippen LogP contribution is -2.15. The first-order chi connectivity index (χ1) is 12.9. The van der Waals surface area contributed by atoms with E-state index in [0.29, 0.717) is 27.8 Å². The van der Waals surface area contributed by atoms with Gasteiger partial charge in [-0.2, -0.15) is 0 Å². The van der Waals surface area contributed by atoms with Gasteiger partial charge in [0.15, 0.2) is 12.4 Å². The van der Waals surface area contributed by atoms with Gasteiger partial charge in [-0.1, -0.05) is 16.8 Å². The highest BCUT2D eigenvalue weighted by Crippen LogP contribution is 2.26. The number of carbonyl (C=O) groups excluding carboxylic acids is 1. The van der Waals surface area contributed by atoms with Crippen molar-refractivity contribution in [1.29, 1.82) is 0 Å². The molecule has 0 aliphatic rings. The molecule has 0 atom stereocenters. The summed E-state index contributed by atoms with van der Waals surface area (Å²) in [5, 5.41) is 4.55. The van der Waals surface area contributed by atoms with Gasteiger partial charge >= 0.3 is 5.97 Å². The molecule has 0 unspecified atom stereocenters. The molecule has 1 heterocycles. The van der Waals surface area contributed by atoms with Gasteiger partial charge in [-0.25, -0.2) is 9.18 Å². The van der Waals surface area contributed by atoms with Crippen LogP contribution in [-0.4, -0.2) is 17.7 Å². The summed E-state index contributed by atoms with van der Waals surface area (Å²) in [7, 11) is 0. The van der Waals surface area contributed by atoms with Gasteiger partial charge in [0.2, 0.25) is 0 Å². The van der Waals surface area contributed by atoms with Crippen LogP contribution in [0.3, 0.4) is 0 Å². The first-order valence-corrected chi connectivity index (χ1v) is 8.57. The van der Waals surface area contributed by atoms with Crippen LogP contribution in [0, 0.1) is 19.7 Å². The maximum Gasteiger partial charge on any atom is 0.344 e. The average molecular weight is 390 g/mol. The van der Waals surface area contributed by atoms with Gasteiger partial charge in [0.1, 0.15) is 23.9 Å². The third-order valence-corrected chi connectivity index (χ3v) is 4.41. The molecule has 0 radical (unpaired) electrons. The fourth-order valence-corrected chi connectivity index (χ4v) is 2.53. The van der Waals surface area contributed by atoms with Crippen LogP contribution in [0.2, 0.25) is 5.02 Å². The quantitative estimate of drug-likeness (QED) is 0.562. The summed E-state index contributed by atoms with van der Waals surface area (Å²) >= 11 is 5.95. The van der Waals surface area contributed by atoms with Crippen LogP contribution in [0.5, 0.6) is 5.75 Å². The third-order valence-electron chi connectivity index (χ3n) is 3.98. The summed E-state index contributed by atoms with van der Waals surface area (Å²) < 4.78 is 28.9. The molecule has 0 fully saturated rings. The zero-order chi connectivity index (χ0) is 19.4. The minimum absolute atomic E-state index is 0.0433. The lowest BCUT2D eigenvalue weighted by Gasteiger charge is -2.07. The zero-order valence-electron chi connectivity index (χ0n) is 14.8. The monoisotopic (exact) mass is 389 g/mol. The molecule has 0 aliphatic carbocycles. The van der Waals surface area contributed by atoms with Crippen molar-refractivity contribution >= 4 is 17.6 Å². The molecule has 27 heavy (non-hydrogen) atoms. The van der Waals surface area contributed by atoms with E-state index in [0.717, 1.165) is 11.1 Å². The maximum absolute atomic E-state index is 13.0. The second-order valence-electron chi connectivity index (χ2n) is 5.95. The Kier molecular flexibility index (Phi) is 5.76. The molecule has 1 aromatic heterocycles. The Balaban J connectivity index is 1.56. The second kappa shape index (κ2) is 8.22. The van der Waals surface area contributed by atoms with E-state index in [2.05, 4.69) is 5.16 Å². The lowest BCUT2D eigenvalue weighted by atomic mass is 10.1. The molecule has 3 aromatic rings. The topological polar surface area (TPSA) is 61.6 Å². The number of hydrogen-bond acceptors (Lipinski definition) is 5. The minimum atomic E-state index is -0.534. The van der Waals surface area contributed by atoms with Crippen molar-refractivity contribution in [2.24, 2.45) is 0 Å². The van der Waals surface area contributed by atoms with Crippen LogP contribution < -0.4 is 4.74 Å². The molecule has 2 aromatic carbocycles. The molecule has 0 N–H and O–H groups in total. The highest BCUT2D eigenvalue weighted by molar-refractivity contribution is 6.31. The number of aromatic nitrogens is 1. The van der Waals surface area contributed by atoms with Crippen molar-refractivity contribution in [3.8, 4) is 17.1 Å². The number of carbonyl (C=O) groups is 1. The molecule has 5 nitrogen and oxygen atoms in total. The first-order valence-electron chi connectivity index (χ1n) is 8.19. The van der Waals surface area contributed by atoms with E-state index in [-0.39, 0.29) is 19.0 Å². The second-order valence-corrected chi connectivity index (χ2v) is 6.36. The summed E-state index contributed by atoms with van der Waals surface area (Å²) in [6, 6.07) is 11.0. The fraction of sp³-hybridized carbons (Fsp3) is 0.200. The van der Waals surface area contributed by atoms with Gasteiger partial charge in [0.05, 0.1) is 0 Å². The Morgan fingerprint density at radius 3 is 2.63 bits per heavy atom. The van der Waals surface area contributed by atoms with E-state index >= 15 is 0 Å². The largest absolute Gasteiger partial charge is 0.482 e. The minimum Gasteiger partial charge on any atom is -0.482 e. The molecular formula is C20H17ClFNO4. The van der Waals surface area contributed by atoms with Gasteiger partial charge in [-0.15, -0.1) is 0 Å². The average Bonchev–Trinajstić information content (AvgIpc) is 3.02. The molecule has 0 aliphatic heterocycles. The van der Waals surface area contributed by atoms with Crippen LogP contribution >= 0.6 is 11.6 Å². The SMILES string of the molecule is Cc1cc(OCC(=O)OCc2noc(-c3ccc(F)cc3)c2C)ccc1Cl. The predicted molar refractivity (Wildman–Crippen MR) is 98.1 cm³/mol. The molecule has 140 valence electrons. The molecule has 0 spiro atoms. The van der Waals surface area contributed by atoms with Gasteiger partial charge in [0, 0.05) is 16.1 Å². The Morgan fingerprint density at radius 1 is 1.19 bits per heavy atom. The molecular weight excluding hydrogens is 373 g/mol. The third kappa shape index (κ3) is 4.65. The number of hydrogen-bond donors (Lipinski definition) is 0. The van der Waals surface area contributed by atoms with E-state index < -0.39 is 5.97 Å². The molecule has 0 amide bonds. The van der Waals surface area contributed by atoms with Crippen molar-refractivity contribution in [2.75, 3.05) is 6.61 Å². The molecule has 7 heteroatoms. The Morgan fingerprint density at radius 2 is 1.93 bits per heavy atom. The number of ether oxygens (including phenoxy) is 2. The van der Waals surface area contributed by atoms with Gasteiger partial charge < -0.3 is 14.0 Å². The summed E-state index contributed by atoms with van der Waals surface area (Å²) in [4.78, 5) is 11.9. The Labute approximate surface area is 160 Å². The lowest BCUT2D eigenvalue weighted by molar-refractivity contribution is -0.147. The Bertz CT molecular complexity index is 953. The summed E-state index contributed by atoms with van der Waals surface area (Å²) in [5.74, 6) is 0.174. The number of rotatable bonds is 6. The van der Waals surface area contributed by atoms with Crippen LogP contribution in [0.1, 0.15) is 16.8 Å². The molecule has 0 bridgehead atoms. The highest BCUT2D eigenvalue weighted by atomic mass is 35.5. The number of halogens is 2. The Hall–Kier alpha value is -2.86. The van der Waals surface area contributed by atoms with Crippen LogP contribution in [0.25, 0.3) is 11.3 Å². The standard InChI is InChI=1S/C20H17ClFNO4/c1-12-9-16(7-8-17(12)21)25-11-19(24)26-10-18-13(2)20(27-23-18)14-3-5-15(22)6-4-14/h3-9H,10-11H2,1-2H3. The van der Waals surface area contributed by atoms with Crippen molar-refractivity contribution < 1.29 is 23.2 Å². The summed E-state index contributed by atoms with van der Waals surface area (Å²) in [6.45, 7) is 3.37. The number of aryl methyl sites for hydroxylation is 1. The van der Waals surface area contributed by atoms with Gasteiger partial charge in [-0.05, 0) is 61.9 Å². The van der Waals surface area contributed by atoms with E-state index in [9.17, 15) is 9.18 Å². The highest BCUT2D eigenvalue weighted by Gasteiger charge is 2.16. The van der Waals surface area contributed by atoms with E-state index in [1.54, 1.807) is 37.3 Å². The fourth-order valence-electron chi connectivity index (χ4n) is 2.41. The van der Waals surface area contributed by atoms with E-state index in [1.807, 2.05) is 6.92 Å². The van der Waals surface area contributed by atoms with Crippen molar-refractivity contribution in [2.45, 2.75) is 20.5 Å². The number of esters is 1. The van der Waals surface area contributed by atoms with E-state index in [1.165, 1.54) is 12.1 Å². The summed E-state index contributed by atoms with van der Waals surface area (Å²) in [6.07, 6.45) is 0. The van der Waals surface area contributed by atoms with Crippen LogP contribution in [0.15, 0.2) is 47.0 Å². The van der Waals surface area contributed by atoms with Crippen molar-refractivity contribution in [1.82, 2.24) is 5.16 Å². The van der Waals surface area contributed by atoms with Gasteiger partial charge in [-0.3, -0.25) is 0 Å².